The standard InChI is InChI=1S/C28H59N/c1-5-7-9-11-13-14-15-16-17-18-19-20-21-23-25-27-28(29(3)4)26-24-22-12-10-8-6-2/h28H,5-27H2,1-4H3. The molecule has 0 saturated heterocycles. The summed E-state index contributed by atoms with van der Waals surface area (Å²) in [4.78, 5) is 2.48. The van der Waals surface area contributed by atoms with Crippen LogP contribution in [0.5, 0.6) is 0 Å². The zero-order valence-electron chi connectivity index (χ0n) is 21.3. The molecule has 1 atom stereocenters. The van der Waals surface area contributed by atoms with Crippen LogP contribution in [0.1, 0.15) is 162 Å². The monoisotopic (exact) mass is 409 g/mol. The van der Waals surface area contributed by atoms with E-state index in [1.54, 1.807) is 0 Å². The second-order valence-electron chi connectivity index (χ2n) is 9.91. The van der Waals surface area contributed by atoms with Crippen LogP contribution in [-0.2, 0) is 0 Å². The minimum Gasteiger partial charge on any atom is -0.306 e. The third kappa shape index (κ3) is 22.5. The Morgan fingerprint density at radius 3 is 0.862 bits per heavy atom. The zero-order valence-corrected chi connectivity index (χ0v) is 21.3. The summed E-state index contributed by atoms with van der Waals surface area (Å²) in [5.74, 6) is 0. The van der Waals surface area contributed by atoms with Crippen molar-refractivity contribution in [3.05, 3.63) is 0 Å². The summed E-state index contributed by atoms with van der Waals surface area (Å²) in [5, 5.41) is 0. The second kappa shape index (κ2) is 24.2. The van der Waals surface area contributed by atoms with Crippen molar-refractivity contribution in [2.45, 2.75) is 168 Å². The van der Waals surface area contributed by atoms with Gasteiger partial charge in [0, 0.05) is 6.04 Å². The molecule has 0 N–H and O–H groups in total. The third-order valence-corrected chi connectivity index (χ3v) is 6.76. The predicted molar refractivity (Wildman–Crippen MR) is 135 cm³/mol. The van der Waals surface area contributed by atoms with E-state index < -0.39 is 0 Å². The van der Waals surface area contributed by atoms with Crippen LogP contribution in [-0.4, -0.2) is 25.0 Å². The van der Waals surface area contributed by atoms with E-state index in [0.717, 1.165) is 6.04 Å². The first kappa shape index (κ1) is 29.0. The molecule has 0 heterocycles. The first-order chi connectivity index (χ1) is 14.2. The first-order valence-corrected chi connectivity index (χ1v) is 13.9. The molecule has 0 rings (SSSR count). The van der Waals surface area contributed by atoms with Crippen LogP contribution in [0, 0.1) is 0 Å². The van der Waals surface area contributed by atoms with Crippen molar-refractivity contribution < 1.29 is 0 Å². The maximum atomic E-state index is 2.48. The number of unbranched alkanes of at least 4 members (excludes halogenated alkanes) is 19. The van der Waals surface area contributed by atoms with E-state index in [1.165, 1.54) is 148 Å². The molecule has 29 heavy (non-hydrogen) atoms. The SMILES string of the molecule is CCCCCCCCCCCCCCCCCC(CCCCCCCC)N(C)C. The highest BCUT2D eigenvalue weighted by atomic mass is 15.1. The van der Waals surface area contributed by atoms with Gasteiger partial charge in [0.15, 0.2) is 0 Å². The molecule has 0 amide bonds. The molecule has 176 valence electrons. The van der Waals surface area contributed by atoms with Gasteiger partial charge < -0.3 is 4.90 Å². The van der Waals surface area contributed by atoms with Crippen molar-refractivity contribution in [2.24, 2.45) is 0 Å². The van der Waals surface area contributed by atoms with E-state index in [0.29, 0.717) is 0 Å². The van der Waals surface area contributed by atoms with Crippen LogP contribution in [0.2, 0.25) is 0 Å². The fourth-order valence-corrected chi connectivity index (χ4v) is 4.57. The van der Waals surface area contributed by atoms with Crippen LogP contribution in [0.15, 0.2) is 0 Å². The Labute approximate surface area is 186 Å². The fraction of sp³-hybridized carbons (Fsp3) is 1.00. The van der Waals surface area contributed by atoms with Gasteiger partial charge in [-0.3, -0.25) is 0 Å². The van der Waals surface area contributed by atoms with Gasteiger partial charge in [-0.1, -0.05) is 149 Å². The second-order valence-corrected chi connectivity index (χ2v) is 9.91. The average Bonchev–Trinajstić information content (AvgIpc) is 2.71. The smallest absolute Gasteiger partial charge is 0.00891 e. The van der Waals surface area contributed by atoms with Crippen molar-refractivity contribution in [1.29, 1.82) is 0 Å². The summed E-state index contributed by atoms with van der Waals surface area (Å²) in [5.41, 5.74) is 0. The van der Waals surface area contributed by atoms with E-state index in [9.17, 15) is 0 Å². The Morgan fingerprint density at radius 2 is 0.621 bits per heavy atom. The van der Waals surface area contributed by atoms with Gasteiger partial charge in [0.1, 0.15) is 0 Å². The molecule has 0 aliphatic heterocycles. The molecule has 1 nitrogen and oxygen atoms in total. The molecule has 0 aliphatic carbocycles. The van der Waals surface area contributed by atoms with E-state index >= 15 is 0 Å². The topological polar surface area (TPSA) is 3.24 Å². The van der Waals surface area contributed by atoms with E-state index in [1.807, 2.05) is 0 Å². The molecule has 0 aromatic heterocycles. The van der Waals surface area contributed by atoms with Gasteiger partial charge in [-0.15, -0.1) is 0 Å². The van der Waals surface area contributed by atoms with E-state index in [4.69, 9.17) is 0 Å². The number of nitrogens with zero attached hydrogens (tertiary/aromatic N) is 1. The minimum absolute atomic E-state index is 0.822. The number of hydrogen-bond acceptors (Lipinski definition) is 1. The molecule has 0 aromatic carbocycles. The molecule has 0 radical (unpaired) electrons. The van der Waals surface area contributed by atoms with Gasteiger partial charge in [0.25, 0.3) is 0 Å². The normalized spacial score (nSPS) is 12.7. The highest BCUT2D eigenvalue weighted by Crippen LogP contribution is 2.18. The Morgan fingerprint density at radius 1 is 0.379 bits per heavy atom. The van der Waals surface area contributed by atoms with E-state index in [-0.39, 0.29) is 0 Å². The fourth-order valence-electron chi connectivity index (χ4n) is 4.57. The Balaban J connectivity index is 3.35. The maximum Gasteiger partial charge on any atom is 0.00891 e. The number of hydrogen-bond donors (Lipinski definition) is 0. The average molecular weight is 410 g/mol. The molecule has 0 aliphatic rings. The lowest BCUT2D eigenvalue weighted by Gasteiger charge is -2.24. The van der Waals surface area contributed by atoms with Crippen molar-refractivity contribution in [3.63, 3.8) is 0 Å². The summed E-state index contributed by atoms with van der Waals surface area (Å²) in [6.45, 7) is 4.61. The highest BCUT2D eigenvalue weighted by molar-refractivity contribution is 4.66. The quantitative estimate of drug-likeness (QED) is 0.143. The largest absolute Gasteiger partial charge is 0.306 e. The van der Waals surface area contributed by atoms with Gasteiger partial charge in [-0.25, -0.2) is 0 Å². The highest BCUT2D eigenvalue weighted by Gasteiger charge is 2.10. The zero-order chi connectivity index (χ0) is 21.4. The van der Waals surface area contributed by atoms with Crippen LogP contribution in [0.3, 0.4) is 0 Å². The van der Waals surface area contributed by atoms with Crippen molar-refractivity contribution in [1.82, 2.24) is 4.90 Å². The third-order valence-electron chi connectivity index (χ3n) is 6.76. The molecule has 1 unspecified atom stereocenters. The Kier molecular flexibility index (Phi) is 24.2. The summed E-state index contributed by atoms with van der Waals surface area (Å²) < 4.78 is 0. The molecule has 0 saturated carbocycles. The minimum atomic E-state index is 0.822. The van der Waals surface area contributed by atoms with Crippen molar-refractivity contribution >= 4 is 0 Å². The van der Waals surface area contributed by atoms with Crippen molar-refractivity contribution in [2.75, 3.05) is 14.1 Å². The molecule has 0 bridgehead atoms. The lowest BCUT2D eigenvalue weighted by atomic mass is 9.99. The number of rotatable bonds is 24. The van der Waals surface area contributed by atoms with Crippen molar-refractivity contribution in [3.8, 4) is 0 Å². The maximum absolute atomic E-state index is 2.48. The molecular weight excluding hydrogens is 350 g/mol. The van der Waals surface area contributed by atoms with Gasteiger partial charge in [-0.05, 0) is 26.9 Å². The summed E-state index contributed by atoms with van der Waals surface area (Å²) in [7, 11) is 4.57. The molecule has 0 aromatic rings. The van der Waals surface area contributed by atoms with Crippen LogP contribution in [0.4, 0.5) is 0 Å². The Hall–Kier alpha value is -0.0400. The molecule has 1 heteroatoms. The summed E-state index contributed by atoms with van der Waals surface area (Å²) in [6.07, 6.45) is 33.4. The van der Waals surface area contributed by atoms with Gasteiger partial charge >= 0.3 is 0 Å². The van der Waals surface area contributed by atoms with Crippen LogP contribution in [0.25, 0.3) is 0 Å². The molecular formula is C28H59N. The summed E-state index contributed by atoms with van der Waals surface area (Å²) >= 11 is 0. The lowest BCUT2D eigenvalue weighted by Crippen LogP contribution is -2.27. The summed E-state index contributed by atoms with van der Waals surface area (Å²) in [6, 6.07) is 0.822. The predicted octanol–water partition coefficient (Wildman–Crippen LogP) is 9.93. The van der Waals surface area contributed by atoms with Gasteiger partial charge in [0.05, 0.1) is 0 Å². The van der Waals surface area contributed by atoms with Gasteiger partial charge in [-0.2, -0.15) is 0 Å². The first-order valence-electron chi connectivity index (χ1n) is 13.9. The van der Waals surface area contributed by atoms with Crippen LogP contribution >= 0.6 is 0 Å². The van der Waals surface area contributed by atoms with Gasteiger partial charge in [0.2, 0.25) is 0 Å². The molecule has 0 spiro atoms. The lowest BCUT2D eigenvalue weighted by molar-refractivity contribution is 0.251. The molecule has 0 fully saturated rings. The van der Waals surface area contributed by atoms with E-state index in [2.05, 4.69) is 32.8 Å². The Bertz CT molecular complexity index is 286. The van der Waals surface area contributed by atoms with Crippen LogP contribution < -0.4 is 0 Å².